The molecule has 0 saturated heterocycles. The van der Waals surface area contributed by atoms with Crippen molar-refractivity contribution < 1.29 is 19.6 Å². The molecule has 1 heterocycles. The highest BCUT2D eigenvalue weighted by molar-refractivity contribution is 5.91. The van der Waals surface area contributed by atoms with Crippen LogP contribution in [0.2, 0.25) is 0 Å². The number of carbonyl (C=O) groups is 1. The van der Waals surface area contributed by atoms with E-state index in [4.69, 9.17) is 9.84 Å². The standard InChI is InChI=1S/C14H14N2O5/c17-13(18)5-1-2-9-21-12-7-6-11(16(19)20)14-10(12)4-3-8-15-14/h3-4,6-8H,1-2,5,9H2,(H,17,18). The van der Waals surface area contributed by atoms with Crippen LogP contribution in [0.3, 0.4) is 0 Å². The van der Waals surface area contributed by atoms with Gasteiger partial charge in [0.25, 0.3) is 5.69 Å². The Balaban J connectivity index is 2.12. The molecule has 0 aliphatic rings. The van der Waals surface area contributed by atoms with Crippen LogP contribution in [0.4, 0.5) is 5.69 Å². The molecule has 0 fully saturated rings. The summed E-state index contributed by atoms with van der Waals surface area (Å²) in [5, 5.41) is 20.1. The largest absolute Gasteiger partial charge is 0.493 e. The van der Waals surface area contributed by atoms with E-state index in [1.165, 1.54) is 12.3 Å². The zero-order chi connectivity index (χ0) is 15.2. The summed E-state index contributed by atoms with van der Waals surface area (Å²) in [7, 11) is 0. The van der Waals surface area contributed by atoms with E-state index < -0.39 is 10.9 Å². The third-order valence-corrected chi connectivity index (χ3v) is 2.95. The highest BCUT2D eigenvalue weighted by Gasteiger charge is 2.15. The number of ether oxygens (including phenoxy) is 1. The van der Waals surface area contributed by atoms with Gasteiger partial charge < -0.3 is 9.84 Å². The van der Waals surface area contributed by atoms with E-state index in [2.05, 4.69) is 4.98 Å². The zero-order valence-corrected chi connectivity index (χ0v) is 11.2. The molecule has 0 aliphatic carbocycles. The van der Waals surface area contributed by atoms with Crippen LogP contribution in [0, 0.1) is 10.1 Å². The van der Waals surface area contributed by atoms with Crippen LogP contribution >= 0.6 is 0 Å². The Labute approximate surface area is 120 Å². The molecule has 0 radical (unpaired) electrons. The van der Waals surface area contributed by atoms with Gasteiger partial charge in [-0.25, -0.2) is 4.98 Å². The summed E-state index contributed by atoms with van der Waals surface area (Å²) in [6.45, 7) is 0.356. The Morgan fingerprint density at radius 2 is 2.14 bits per heavy atom. The Morgan fingerprint density at radius 3 is 2.86 bits per heavy atom. The quantitative estimate of drug-likeness (QED) is 0.478. The lowest BCUT2D eigenvalue weighted by molar-refractivity contribution is -0.383. The van der Waals surface area contributed by atoms with Crippen molar-refractivity contribution in [1.82, 2.24) is 4.98 Å². The number of non-ortho nitro benzene ring substituents is 1. The number of fused-ring (bicyclic) bond motifs is 1. The fraction of sp³-hybridized carbons (Fsp3) is 0.286. The van der Waals surface area contributed by atoms with E-state index in [1.807, 2.05) is 0 Å². The molecule has 0 bridgehead atoms. The first-order chi connectivity index (χ1) is 10.1. The van der Waals surface area contributed by atoms with Crippen molar-refractivity contribution in [2.45, 2.75) is 19.3 Å². The van der Waals surface area contributed by atoms with Crippen molar-refractivity contribution in [3.8, 4) is 5.75 Å². The molecule has 110 valence electrons. The maximum Gasteiger partial charge on any atom is 0.303 e. The first kappa shape index (κ1) is 14.7. The summed E-state index contributed by atoms with van der Waals surface area (Å²) < 4.78 is 5.58. The summed E-state index contributed by atoms with van der Waals surface area (Å²) in [6.07, 6.45) is 2.72. The summed E-state index contributed by atoms with van der Waals surface area (Å²) in [5.74, 6) is -0.320. The molecule has 1 N–H and O–H groups in total. The van der Waals surface area contributed by atoms with Gasteiger partial charge in [-0.1, -0.05) is 0 Å². The van der Waals surface area contributed by atoms with E-state index in [9.17, 15) is 14.9 Å². The minimum absolute atomic E-state index is 0.0659. The van der Waals surface area contributed by atoms with Crippen molar-refractivity contribution >= 4 is 22.6 Å². The number of hydrogen-bond donors (Lipinski definition) is 1. The fourth-order valence-electron chi connectivity index (χ4n) is 1.97. The van der Waals surface area contributed by atoms with Crippen LogP contribution in [-0.4, -0.2) is 27.6 Å². The molecule has 21 heavy (non-hydrogen) atoms. The van der Waals surface area contributed by atoms with Crippen molar-refractivity contribution in [2.75, 3.05) is 6.61 Å². The molecule has 0 spiro atoms. The molecule has 1 aromatic heterocycles. The van der Waals surface area contributed by atoms with Crippen LogP contribution in [0.25, 0.3) is 10.9 Å². The van der Waals surface area contributed by atoms with Gasteiger partial charge in [0.1, 0.15) is 5.75 Å². The zero-order valence-electron chi connectivity index (χ0n) is 11.2. The van der Waals surface area contributed by atoms with Gasteiger partial charge in [-0.05, 0) is 31.0 Å². The number of nitro benzene ring substituents is 1. The average molecular weight is 290 g/mol. The number of nitro groups is 1. The van der Waals surface area contributed by atoms with Gasteiger partial charge in [0.2, 0.25) is 0 Å². The number of nitrogens with zero attached hydrogens (tertiary/aromatic N) is 2. The third-order valence-electron chi connectivity index (χ3n) is 2.95. The summed E-state index contributed by atoms with van der Waals surface area (Å²) in [4.78, 5) is 24.9. The second kappa shape index (κ2) is 6.65. The van der Waals surface area contributed by atoms with Gasteiger partial charge in [0, 0.05) is 24.1 Å². The lowest BCUT2D eigenvalue weighted by atomic mass is 10.1. The lowest BCUT2D eigenvalue weighted by Gasteiger charge is -2.08. The van der Waals surface area contributed by atoms with Gasteiger partial charge in [0.05, 0.1) is 11.5 Å². The van der Waals surface area contributed by atoms with Crippen molar-refractivity contribution in [3.05, 3.63) is 40.6 Å². The predicted octanol–water partition coefficient (Wildman–Crippen LogP) is 2.78. The van der Waals surface area contributed by atoms with Gasteiger partial charge >= 0.3 is 5.97 Å². The number of carboxylic acids is 1. The fourth-order valence-corrected chi connectivity index (χ4v) is 1.97. The highest BCUT2D eigenvalue weighted by atomic mass is 16.6. The number of rotatable bonds is 7. The van der Waals surface area contributed by atoms with Crippen LogP contribution in [-0.2, 0) is 4.79 Å². The number of aliphatic carboxylic acids is 1. The minimum atomic E-state index is -0.833. The minimum Gasteiger partial charge on any atom is -0.493 e. The molecule has 7 nitrogen and oxygen atoms in total. The summed E-state index contributed by atoms with van der Waals surface area (Å²) in [6, 6.07) is 6.30. The normalized spacial score (nSPS) is 10.5. The summed E-state index contributed by atoms with van der Waals surface area (Å²) >= 11 is 0. The predicted molar refractivity (Wildman–Crippen MR) is 75.4 cm³/mol. The van der Waals surface area contributed by atoms with Crippen molar-refractivity contribution in [3.63, 3.8) is 0 Å². The van der Waals surface area contributed by atoms with Crippen LogP contribution in [0.5, 0.6) is 5.75 Å². The maximum atomic E-state index is 11.0. The van der Waals surface area contributed by atoms with Crippen LogP contribution in [0.1, 0.15) is 19.3 Å². The topological polar surface area (TPSA) is 103 Å². The third kappa shape index (κ3) is 3.65. The lowest BCUT2D eigenvalue weighted by Crippen LogP contribution is -2.01. The maximum absolute atomic E-state index is 11.0. The average Bonchev–Trinajstić information content (AvgIpc) is 2.46. The number of benzene rings is 1. The van der Waals surface area contributed by atoms with Gasteiger partial charge in [-0.15, -0.1) is 0 Å². The molecule has 0 saturated carbocycles. The van der Waals surface area contributed by atoms with Crippen molar-refractivity contribution in [2.24, 2.45) is 0 Å². The number of carboxylic acid groups (broad SMARTS) is 1. The van der Waals surface area contributed by atoms with Gasteiger partial charge in [-0.2, -0.15) is 0 Å². The van der Waals surface area contributed by atoms with Gasteiger partial charge in [0.15, 0.2) is 5.52 Å². The number of pyridine rings is 1. The van der Waals surface area contributed by atoms with Crippen LogP contribution < -0.4 is 4.74 Å². The van der Waals surface area contributed by atoms with E-state index in [0.717, 1.165) is 0 Å². The molecule has 7 heteroatoms. The Hall–Kier alpha value is -2.70. The van der Waals surface area contributed by atoms with Gasteiger partial charge in [-0.3, -0.25) is 14.9 Å². The van der Waals surface area contributed by atoms with E-state index in [0.29, 0.717) is 30.6 Å². The molecular weight excluding hydrogens is 276 g/mol. The van der Waals surface area contributed by atoms with E-state index in [-0.39, 0.29) is 17.6 Å². The highest BCUT2D eigenvalue weighted by Crippen LogP contribution is 2.31. The van der Waals surface area contributed by atoms with Crippen molar-refractivity contribution in [1.29, 1.82) is 0 Å². The summed E-state index contributed by atoms with van der Waals surface area (Å²) in [5.41, 5.74) is 0.217. The molecule has 0 aliphatic heterocycles. The van der Waals surface area contributed by atoms with Crippen LogP contribution in [0.15, 0.2) is 30.5 Å². The molecule has 0 unspecified atom stereocenters. The Bertz CT molecular complexity index is 671. The Kier molecular flexibility index (Phi) is 4.65. The van der Waals surface area contributed by atoms with E-state index in [1.54, 1.807) is 18.2 Å². The number of unbranched alkanes of at least 4 members (excludes halogenated alkanes) is 1. The monoisotopic (exact) mass is 290 g/mol. The second-order valence-corrected chi connectivity index (χ2v) is 4.44. The first-order valence-electron chi connectivity index (χ1n) is 6.46. The molecule has 2 aromatic rings. The Morgan fingerprint density at radius 1 is 1.33 bits per heavy atom. The second-order valence-electron chi connectivity index (χ2n) is 4.44. The number of aromatic nitrogens is 1. The molecule has 0 atom stereocenters. The smallest absolute Gasteiger partial charge is 0.303 e. The number of hydrogen-bond acceptors (Lipinski definition) is 5. The first-order valence-corrected chi connectivity index (χ1v) is 6.46. The SMILES string of the molecule is O=C(O)CCCCOc1ccc([N+](=O)[O-])c2ncccc12. The van der Waals surface area contributed by atoms with E-state index >= 15 is 0 Å². The molecular formula is C14H14N2O5. The molecule has 1 aromatic carbocycles. The molecule has 0 amide bonds. The molecule has 2 rings (SSSR count).